The molecule has 1 aromatic heterocycles. The zero-order chi connectivity index (χ0) is 13.7. The first kappa shape index (κ1) is 14.6. The van der Waals surface area contributed by atoms with E-state index in [4.69, 9.17) is 10.8 Å². The Morgan fingerprint density at radius 1 is 1.56 bits per heavy atom. The van der Waals surface area contributed by atoms with Crippen molar-refractivity contribution in [3.63, 3.8) is 0 Å². The van der Waals surface area contributed by atoms with Crippen LogP contribution in [0.25, 0.3) is 0 Å². The lowest BCUT2D eigenvalue weighted by molar-refractivity contribution is -0.116. The second-order valence-electron chi connectivity index (χ2n) is 4.08. The third kappa shape index (κ3) is 3.78. The first-order valence-corrected chi connectivity index (χ1v) is 6.48. The van der Waals surface area contributed by atoms with Gasteiger partial charge in [0.1, 0.15) is 10.6 Å². The number of nitrogens with zero attached hydrogens (tertiary/aromatic N) is 1. The average molecular weight is 271 g/mol. The van der Waals surface area contributed by atoms with Crippen LogP contribution in [0.2, 0.25) is 0 Å². The summed E-state index contributed by atoms with van der Waals surface area (Å²) in [5.41, 5.74) is 6.21. The maximum atomic E-state index is 11.7. The fraction of sp³-hybridized carbons (Fsp3) is 0.545. The van der Waals surface area contributed by atoms with Crippen molar-refractivity contribution in [2.75, 3.05) is 5.32 Å². The van der Waals surface area contributed by atoms with E-state index in [0.717, 1.165) is 24.4 Å². The van der Waals surface area contributed by atoms with Crippen LogP contribution in [0.4, 0.5) is 5.00 Å². The van der Waals surface area contributed by atoms with E-state index in [9.17, 15) is 9.59 Å². The van der Waals surface area contributed by atoms with Crippen LogP contribution in [0.5, 0.6) is 0 Å². The molecular weight excluding hydrogens is 254 g/mol. The number of nitrogens with one attached hydrogen (secondary N) is 1. The van der Waals surface area contributed by atoms with Crippen LogP contribution in [0, 0.1) is 6.92 Å². The number of carboxylic acid groups (broad SMARTS) is 1. The summed E-state index contributed by atoms with van der Waals surface area (Å²) in [6.45, 7) is 3.59. The number of anilines is 1. The summed E-state index contributed by atoms with van der Waals surface area (Å²) in [6.07, 6.45) is 1.86. The summed E-state index contributed by atoms with van der Waals surface area (Å²) < 4.78 is 3.92. The van der Waals surface area contributed by atoms with Crippen LogP contribution < -0.4 is 11.1 Å². The zero-order valence-corrected chi connectivity index (χ0v) is 11.2. The molecule has 0 aliphatic carbocycles. The minimum atomic E-state index is -1.09. The number of amides is 1. The second kappa shape index (κ2) is 6.46. The highest BCUT2D eigenvalue weighted by atomic mass is 32.1. The maximum Gasteiger partial charge on any atom is 0.340 e. The average Bonchev–Trinajstić information content (AvgIpc) is 2.59. The largest absolute Gasteiger partial charge is 0.478 e. The van der Waals surface area contributed by atoms with Crippen LogP contribution in [0.15, 0.2) is 0 Å². The monoisotopic (exact) mass is 271 g/mol. The number of hydrogen-bond acceptors (Lipinski definition) is 5. The molecule has 0 radical (unpaired) electrons. The SMILES string of the molecule is CCCC(N)CC(=O)Nc1snc(C)c1C(=O)O. The van der Waals surface area contributed by atoms with Crippen LogP contribution in [0.1, 0.15) is 42.2 Å². The highest BCUT2D eigenvalue weighted by Crippen LogP contribution is 2.24. The minimum absolute atomic E-state index is 0.0532. The third-order valence-electron chi connectivity index (χ3n) is 2.44. The number of aryl methyl sites for hydroxylation is 1. The molecular formula is C11H17N3O3S. The molecule has 6 nitrogen and oxygen atoms in total. The first-order valence-electron chi connectivity index (χ1n) is 5.70. The number of nitrogens with two attached hydrogens (primary N) is 1. The molecule has 0 fully saturated rings. The Hall–Kier alpha value is -1.47. The van der Waals surface area contributed by atoms with Crippen molar-refractivity contribution in [2.45, 2.75) is 39.2 Å². The molecule has 1 amide bonds. The Morgan fingerprint density at radius 3 is 2.78 bits per heavy atom. The van der Waals surface area contributed by atoms with Crippen LogP contribution >= 0.6 is 11.5 Å². The summed E-state index contributed by atoms with van der Waals surface area (Å²) in [4.78, 5) is 22.7. The summed E-state index contributed by atoms with van der Waals surface area (Å²) in [6, 6.07) is -0.197. The first-order chi connectivity index (χ1) is 8.45. The number of hydrogen-bond donors (Lipinski definition) is 3. The van der Waals surface area contributed by atoms with Crippen molar-refractivity contribution in [2.24, 2.45) is 5.73 Å². The smallest absolute Gasteiger partial charge is 0.340 e. The van der Waals surface area contributed by atoms with Crippen LogP contribution in [0.3, 0.4) is 0 Å². The lowest BCUT2D eigenvalue weighted by atomic mass is 10.1. The van der Waals surface area contributed by atoms with Gasteiger partial charge in [0, 0.05) is 12.5 Å². The normalized spacial score (nSPS) is 12.2. The molecule has 1 atom stereocenters. The second-order valence-corrected chi connectivity index (χ2v) is 4.85. The number of carbonyl (C=O) groups excluding carboxylic acids is 1. The Balaban J connectivity index is 2.68. The standard InChI is InChI=1S/C11H17N3O3S/c1-3-4-7(12)5-8(15)13-10-9(11(16)17)6(2)14-18-10/h7H,3-5,12H2,1-2H3,(H,13,15)(H,16,17). The van der Waals surface area contributed by atoms with E-state index >= 15 is 0 Å². The molecule has 18 heavy (non-hydrogen) atoms. The molecule has 1 aromatic rings. The van der Waals surface area contributed by atoms with Gasteiger partial charge >= 0.3 is 5.97 Å². The van der Waals surface area contributed by atoms with Gasteiger partial charge in [-0.05, 0) is 24.9 Å². The van der Waals surface area contributed by atoms with Crippen molar-refractivity contribution in [1.82, 2.24) is 4.37 Å². The molecule has 4 N–H and O–H groups in total. The number of carbonyl (C=O) groups is 2. The summed E-state index contributed by atoms with van der Waals surface area (Å²) in [5.74, 6) is -1.36. The zero-order valence-electron chi connectivity index (χ0n) is 10.4. The number of aromatic nitrogens is 1. The van der Waals surface area contributed by atoms with Crippen LogP contribution in [-0.4, -0.2) is 27.4 Å². The van der Waals surface area contributed by atoms with Gasteiger partial charge < -0.3 is 16.2 Å². The molecule has 1 rings (SSSR count). The highest BCUT2D eigenvalue weighted by molar-refractivity contribution is 7.11. The van der Waals surface area contributed by atoms with Crippen molar-refractivity contribution in [3.8, 4) is 0 Å². The van der Waals surface area contributed by atoms with E-state index in [1.54, 1.807) is 6.92 Å². The van der Waals surface area contributed by atoms with E-state index in [1.165, 1.54) is 0 Å². The van der Waals surface area contributed by atoms with Gasteiger partial charge in [-0.15, -0.1) is 0 Å². The van der Waals surface area contributed by atoms with E-state index in [-0.39, 0.29) is 28.9 Å². The third-order valence-corrected chi connectivity index (χ3v) is 3.29. The number of carboxylic acids is 1. The fourth-order valence-electron chi connectivity index (χ4n) is 1.60. The Labute approximate surface area is 109 Å². The van der Waals surface area contributed by atoms with Gasteiger partial charge in [-0.1, -0.05) is 13.3 Å². The quantitative estimate of drug-likeness (QED) is 0.729. The number of aromatic carboxylic acids is 1. The van der Waals surface area contributed by atoms with Crippen molar-refractivity contribution in [3.05, 3.63) is 11.3 Å². The summed E-state index contributed by atoms with van der Waals surface area (Å²) in [7, 11) is 0. The van der Waals surface area contributed by atoms with E-state index in [1.807, 2.05) is 6.92 Å². The highest BCUT2D eigenvalue weighted by Gasteiger charge is 2.19. The van der Waals surface area contributed by atoms with Gasteiger partial charge in [-0.3, -0.25) is 4.79 Å². The molecule has 0 saturated heterocycles. The summed E-state index contributed by atoms with van der Waals surface area (Å²) in [5, 5.41) is 11.8. The van der Waals surface area contributed by atoms with Crippen molar-refractivity contribution < 1.29 is 14.7 Å². The summed E-state index contributed by atoms with van der Waals surface area (Å²) >= 11 is 0.970. The Bertz CT molecular complexity index is 445. The van der Waals surface area contributed by atoms with Gasteiger partial charge in [0.05, 0.1) is 5.69 Å². The van der Waals surface area contributed by atoms with Gasteiger partial charge in [-0.25, -0.2) is 4.79 Å². The molecule has 0 aliphatic rings. The molecule has 100 valence electrons. The molecule has 0 aromatic carbocycles. The predicted molar refractivity (Wildman–Crippen MR) is 69.9 cm³/mol. The van der Waals surface area contributed by atoms with Gasteiger partial charge in [0.25, 0.3) is 0 Å². The molecule has 1 heterocycles. The predicted octanol–water partition coefficient (Wildman–Crippen LogP) is 1.61. The molecule has 0 spiro atoms. The lowest BCUT2D eigenvalue weighted by Gasteiger charge is -2.09. The molecule has 0 aliphatic heterocycles. The molecule has 0 bridgehead atoms. The van der Waals surface area contributed by atoms with Crippen molar-refractivity contribution >= 4 is 28.4 Å². The van der Waals surface area contributed by atoms with Gasteiger partial charge in [0.15, 0.2) is 0 Å². The Morgan fingerprint density at radius 2 is 2.22 bits per heavy atom. The van der Waals surface area contributed by atoms with E-state index in [2.05, 4.69) is 9.69 Å². The maximum absolute atomic E-state index is 11.7. The van der Waals surface area contributed by atoms with Crippen LogP contribution in [-0.2, 0) is 4.79 Å². The van der Waals surface area contributed by atoms with E-state index < -0.39 is 5.97 Å². The minimum Gasteiger partial charge on any atom is -0.478 e. The fourth-order valence-corrected chi connectivity index (χ4v) is 2.40. The Kier molecular flexibility index (Phi) is 5.24. The van der Waals surface area contributed by atoms with E-state index in [0.29, 0.717) is 5.69 Å². The molecule has 0 saturated carbocycles. The topological polar surface area (TPSA) is 105 Å². The van der Waals surface area contributed by atoms with Gasteiger partial charge in [0.2, 0.25) is 5.91 Å². The van der Waals surface area contributed by atoms with Gasteiger partial charge in [-0.2, -0.15) is 4.37 Å². The van der Waals surface area contributed by atoms with Crippen molar-refractivity contribution in [1.29, 1.82) is 0 Å². The number of rotatable bonds is 6. The molecule has 1 unspecified atom stereocenters. The molecule has 7 heteroatoms. The lowest BCUT2D eigenvalue weighted by Crippen LogP contribution is -2.27.